The van der Waals surface area contributed by atoms with Gasteiger partial charge in [0, 0.05) is 11.0 Å². The smallest absolute Gasteiger partial charge is 0.305 e. The molecular weight excluding hydrogens is 370 g/mol. The minimum Gasteiger partial charge on any atom is -0.481 e. The van der Waals surface area contributed by atoms with Gasteiger partial charge < -0.3 is 5.11 Å². The van der Waals surface area contributed by atoms with Gasteiger partial charge in [0.1, 0.15) is 0 Å². The van der Waals surface area contributed by atoms with Crippen molar-refractivity contribution in [3.05, 3.63) is 59.1 Å². The fraction of sp³-hybridized carbons (Fsp3) is 0.133. The average Bonchev–Trinajstić information content (AvgIpc) is 2.48. The molecule has 0 aliphatic heterocycles. The van der Waals surface area contributed by atoms with Crippen LogP contribution in [-0.2, 0) is 14.8 Å². The van der Waals surface area contributed by atoms with E-state index in [-0.39, 0.29) is 17.9 Å². The van der Waals surface area contributed by atoms with Gasteiger partial charge >= 0.3 is 5.97 Å². The second-order valence-electron chi connectivity index (χ2n) is 4.51. The van der Waals surface area contributed by atoms with Crippen LogP contribution in [0.5, 0.6) is 0 Å². The zero-order valence-corrected chi connectivity index (χ0v) is 13.9. The quantitative estimate of drug-likeness (QED) is 0.831. The van der Waals surface area contributed by atoms with Crippen molar-refractivity contribution in [3.63, 3.8) is 0 Å². The van der Waals surface area contributed by atoms with Gasteiger partial charge in [0.15, 0.2) is 0 Å². The Bertz CT molecular complexity index is 745. The van der Waals surface area contributed by atoms with Gasteiger partial charge in [-0.1, -0.05) is 34.1 Å². The number of benzene rings is 2. The average molecular weight is 384 g/mol. The summed E-state index contributed by atoms with van der Waals surface area (Å²) in [6, 6.07) is 14.7. The molecule has 5 nitrogen and oxygen atoms in total. The molecule has 0 saturated carbocycles. The molecule has 22 heavy (non-hydrogen) atoms. The number of hydrogen-bond acceptors (Lipinski definition) is 3. The third-order valence-corrected chi connectivity index (χ3v) is 5.34. The SMILES string of the molecule is O=C(O)CCN(c1ccccc1)S(=O)(=O)c1ccc(Br)cc1. The molecule has 0 heterocycles. The largest absolute Gasteiger partial charge is 0.481 e. The summed E-state index contributed by atoms with van der Waals surface area (Å²) >= 11 is 3.26. The Kier molecular flexibility index (Phi) is 5.20. The highest BCUT2D eigenvalue weighted by molar-refractivity contribution is 9.10. The fourth-order valence-corrected chi connectivity index (χ4v) is 3.64. The van der Waals surface area contributed by atoms with Crippen LogP contribution in [0, 0.1) is 0 Å². The highest BCUT2D eigenvalue weighted by atomic mass is 79.9. The molecule has 0 spiro atoms. The van der Waals surface area contributed by atoms with Gasteiger partial charge in [-0.2, -0.15) is 0 Å². The Morgan fingerprint density at radius 1 is 1.05 bits per heavy atom. The Balaban J connectivity index is 2.43. The molecule has 0 bridgehead atoms. The Morgan fingerprint density at radius 2 is 1.64 bits per heavy atom. The van der Waals surface area contributed by atoms with Crippen LogP contribution in [0.25, 0.3) is 0 Å². The number of para-hydroxylation sites is 1. The van der Waals surface area contributed by atoms with Crippen LogP contribution in [0.1, 0.15) is 6.42 Å². The highest BCUT2D eigenvalue weighted by Crippen LogP contribution is 2.24. The van der Waals surface area contributed by atoms with Gasteiger partial charge in [0.05, 0.1) is 17.0 Å². The number of aliphatic carboxylic acids is 1. The topological polar surface area (TPSA) is 74.7 Å². The van der Waals surface area contributed by atoms with Crippen LogP contribution < -0.4 is 4.31 Å². The zero-order valence-electron chi connectivity index (χ0n) is 11.5. The molecule has 0 atom stereocenters. The Morgan fingerprint density at radius 3 is 2.18 bits per heavy atom. The predicted molar refractivity (Wildman–Crippen MR) is 87.4 cm³/mol. The maximum absolute atomic E-state index is 12.8. The first-order chi connectivity index (χ1) is 10.4. The van der Waals surface area contributed by atoms with Crippen LogP contribution >= 0.6 is 15.9 Å². The predicted octanol–water partition coefficient (Wildman–Crippen LogP) is 3.12. The van der Waals surface area contributed by atoms with Crippen LogP contribution in [0.2, 0.25) is 0 Å². The molecule has 2 aromatic rings. The number of halogens is 1. The summed E-state index contributed by atoms with van der Waals surface area (Å²) in [5.74, 6) is -1.05. The third kappa shape index (κ3) is 3.86. The number of nitrogens with zero attached hydrogens (tertiary/aromatic N) is 1. The van der Waals surface area contributed by atoms with Gasteiger partial charge in [0.25, 0.3) is 10.0 Å². The van der Waals surface area contributed by atoms with Crippen molar-refractivity contribution in [1.82, 2.24) is 0 Å². The minimum absolute atomic E-state index is 0.116. The molecule has 1 N–H and O–H groups in total. The van der Waals surface area contributed by atoms with E-state index in [1.165, 1.54) is 12.1 Å². The number of rotatable bonds is 6. The van der Waals surface area contributed by atoms with Crippen molar-refractivity contribution in [1.29, 1.82) is 0 Å². The summed E-state index contributed by atoms with van der Waals surface area (Å²) in [6.07, 6.45) is -0.273. The van der Waals surface area contributed by atoms with Crippen molar-refractivity contribution < 1.29 is 18.3 Å². The summed E-state index contributed by atoms with van der Waals surface area (Å²) in [5, 5.41) is 8.85. The lowest BCUT2D eigenvalue weighted by Crippen LogP contribution is -2.33. The van der Waals surface area contributed by atoms with E-state index in [0.29, 0.717) is 5.69 Å². The monoisotopic (exact) mass is 383 g/mol. The van der Waals surface area contributed by atoms with E-state index in [1.54, 1.807) is 42.5 Å². The lowest BCUT2D eigenvalue weighted by atomic mass is 10.3. The third-order valence-electron chi connectivity index (χ3n) is 2.97. The van der Waals surface area contributed by atoms with Crippen LogP contribution in [0.15, 0.2) is 64.0 Å². The van der Waals surface area contributed by atoms with Gasteiger partial charge in [-0.15, -0.1) is 0 Å². The molecule has 0 radical (unpaired) electrons. The fourth-order valence-electron chi connectivity index (χ4n) is 1.91. The molecule has 0 aliphatic rings. The summed E-state index contributed by atoms with van der Waals surface area (Å²) in [5.41, 5.74) is 0.437. The van der Waals surface area contributed by atoms with Crippen molar-refractivity contribution in [2.75, 3.05) is 10.8 Å². The maximum Gasteiger partial charge on any atom is 0.305 e. The first-order valence-electron chi connectivity index (χ1n) is 6.46. The van der Waals surface area contributed by atoms with Crippen LogP contribution in [0.4, 0.5) is 5.69 Å². The highest BCUT2D eigenvalue weighted by Gasteiger charge is 2.25. The first kappa shape index (κ1) is 16.5. The van der Waals surface area contributed by atoms with E-state index < -0.39 is 16.0 Å². The van der Waals surface area contributed by atoms with Crippen LogP contribution in [0.3, 0.4) is 0 Å². The normalized spacial score (nSPS) is 11.1. The molecule has 0 amide bonds. The van der Waals surface area contributed by atoms with Gasteiger partial charge in [-0.25, -0.2) is 8.42 Å². The van der Waals surface area contributed by atoms with Crippen molar-refractivity contribution in [3.8, 4) is 0 Å². The first-order valence-corrected chi connectivity index (χ1v) is 8.70. The van der Waals surface area contributed by atoms with Gasteiger partial charge in [-0.05, 0) is 36.4 Å². The second kappa shape index (κ2) is 6.93. The van der Waals surface area contributed by atoms with Gasteiger partial charge in [-0.3, -0.25) is 9.10 Å². The molecule has 0 saturated heterocycles. The van der Waals surface area contributed by atoms with Crippen molar-refractivity contribution >= 4 is 37.6 Å². The molecule has 0 fully saturated rings. The molecule has 7 heteroatoms. The summed E-state index contributed by atoms with van der Waals surface area (Å²) < 4.78 is 27.4. The molecule has 0 aliphatic carbocycles. The molecule has 2 aromatic carbocycles. The van der Waals surface area contributed by atoms with Crippen molar-refractivity contribution in [2.24, 2.45) is 0 Å². The maximum atomic E-state index is 12.8. The summed E-state index contributed by atoms with van der Waals surface area (Å²) in [7, 11) is -3.82. The summed E-state index contributed by atoms with van der Waals surface area (Å²) in [4.78, 5) is 10.9. The minimum atomic E-state index is -3.82. The number of carbonyl (C=O) groups is 1. The Hall–Kier alpha value is -1.86. The zero-order chi connectivity index (χ0) is 16.2. The number of sulfonamides is 1. The van der Waals surface area contributed by atoms with E-state index in [1.807, 2.05) is 0 Å². The lowest BCUT2D eigenvalue weighted by molar-refractivity contribution is -0.136. The number of anilines is 1. The van der Waals surface area contributed by atoms with Crippen molar-refractivity contribution in [2.45, 2.75) is 11.3 Å². The molecule has 116 valence electrons. The summed E-state index contributed by atoms with van der Waals surface area (Å²) in [6.45, 7) is -0.127. The molecule has 0 unspecified atom stereocenters. The number of hydrogen-bond donors (Lipinski definition) is 1. The standard InChI is InChI=1S/C15H14BrNO4S/c16-12-6-8-14(9-7-12)22(20,21)17(11-10-15(18)19)13-4-2-1-3-5-13/h1-9H,10-11H2,(H,18,19). The van der Waals surface area contributed by atoms with Gasteiger partial charge in [0.2, 0.25) is 0 Å². The second-order valence-corrected chi connectivity index (χ2v) is 7.29. The Labute approximate surface area is 137 Å². The number of carboxylic acids is 1. The number of carboxylic acid groups (broad SMARTS) is 1. The molecular formula is C15H14BrNO4S. The molecule has 2 rings (SSSR count). The lowest BCUT2D eigenvalue weighted by Gasteiger charge is -2.24. The van der Waals surface area contributed by atoms with Crippen LogP contribution in [-0.4, -0.2) is 26.0 Å². The van der Waals surface area contributed by atoms with E-state index in [4.69, 9.17) is 5.11 Å². The van der Waals surface area contributed by atoms with E-state index >= 15 is 0 Å². The van der Waals surface area contributed by atoms with E-state index in [2.05, 4.69) is 15.9 Å². The van der Waals surface area contributed by atoms with E-state index in [9.17, 15) is 13.2 Å². The molecule has 0 aromatic heterocycles. The van der Waals surface area contributed by atoms with E-state index in [0.717, 1.165) is 8.78 Å².